The van der Waals surface area contributed by atoms with Crippen molar-refractivity contribution in [2.24, 2.45) is 11.3 Å². The van der Waals surface area contributed by atoms with Gasteiger partial charge in [-0.2, -0.15) is 0 Å². The number of ketones is 3. The molecule has 0 heterocycles. The third kappa shape index (κ3) is 2.00. The van der Waals surface area contributed by atoms with Crippen molar-refractivity contribution >= 4 is 17.3 Å². The minimum atomic E-state index is -1.29. The largest absolute Gasteiger partial charge is 0.294 e. The molecule has 0 amide bonds. The highest BCUT2D eigenvalue weighted by atomic mass is 16.2. The topological polar surface area (TPSA) is 51.2 Å². The van der Waals surface area contributed by atoms with Gasteiger partial charge in [-0.05, 0) is 5.56 Å². The molecule has 0 aromatic heterocycles. The van der Waals surface area contributed by atoms with Gasteiger partial charge in [0, 0.05) is 22.6 Å². The first-order chi connectivity index (χ1) is 13.2. The fraction of sp³-hybridized carbons (Fsp3) is 0.125. The van der Waals surface area contributed by atoms with E-state index in [1.165, 1.54) is 0 Å². The summed E-state index contributed by atoms with van der Waals surface area (Å²) < 4.78 is 0. The van der Waals surface area contributed by atoms with Gasteiger partial charge in [-0.1, -0.05) is 84.9 Å². The summed E-state index contributed by atoms with van der Waals surface area (Å²) in [5.74, 6) is -1.65. The number of benzene rings is 3. The molecule has 1 spiro atoms. The second kappa shape index (κ2) is 5.58. The van der Waals surface area contributed by atoms with Crippen LogP contribution < -0.4 is 0 Å². The third-order valence-corrected chi connectivity index (χ3v) is 5.87. The lowest BCUT2D eigenvalue weighted by Crippen LogP contribution is -2.23. The van der Waals surface area contributed by atoms with Crippen molar-refractivity contribution in [3.63, 3.8) is 0 Å². The molecular weight excluding hydrogens is 336 g/mol. The van der Waals surface area contributed by atoms with Crippen molar-refractivity contribution in [3.8, 4) is 0 Å². The van der Waals surface area contributed by atoms with Gasteiger partial charge >= 0.3 is 0 Å². The van der Waals surface area contributed by atoms with Crippen LogP contribution in [0.1, 0.15) is 42.6 Å². The molecule has 0 saturated heterocycles. The SMILES string of the molecule is O=C(c1ccccc1)[C@H]1[C@@H](c2ccccc2)C12C(=O)c1ccccc1C2=O. The first kappa shape index (κ1) is 15.9. The summed E-state index contributed by atoms with van der Waals surface area (Å²) >= 11 is 0. The lowest BCUT2D eigenvalue weighted by atomic mass is 9.91. The van der Waals surface area contributed by atoms with Crippen molar-refractivity contribution in [1.82, 2.24) is 0 Å². The van der Waals surface area contributed by atoms with Crippen LogP contribution in [0, 0.1) is 11.3 Å². The molecule has 1 fully saturated rings. The molecule has 1 saturated carbocycles. The van der Waals surface area contributed by atoms with Gasteiger partial charge in [0.1, 0.15) is 5.41 Å². The molecular formula is C24H16O3. The quantitative estimate of drug-likeness (QED) is 0.520. The Morgan fingerprint density at radius 2 is 1.15 bits per heavy atom. The highest BCUT2D eigenvalue weighted by Gasteiger charge is 2.78. The standard InChI is InChI=1S/C24H16O3/c25-21(16-11-5-2-6-12-16)20-19(15-9-3-1-4-10-15)24(20)22(26)17-13-7-8-14-18(17)23(24)27/h1-14,19-20H/t19-,20-/m1/s1. The van der Waals surface area contributed by atoms with Crippen molar-refractivity contribution in [3.05, 3.63) is 107 Å². The van der Waals surface area contributed by atoms with Gasteiger partial charge in [0.15, 0.2) is 17.3 Å². The van der Waals surface area contributed by atoms with Gasteiger partial charge in [-0.25, -0.2) is 0 Å². The molecule has 0 bridgehead atoms. The molecule has 0 N–H and O–H groups in total. The van der Waals surface area contributed by atoms with Gasteiger partial charge in [-0.15, -0.1) is 0 Å². The first-order valence-corrected chi connectivity index (χ1v) is 9.00. The fourth-order valence-corrected chi connectivity index (χ4v) is 4.64. The Hall–Kier alpha value is -3.33. The maximum absolute atomic E-state index is 13.3. The normalized spacial score (nSPS) is 21.9. The number of carbonyl (C=O) groups is 3. The van der Waals surface area contributed by atoms with Crippen LogP contribution in [0.25, 0.3) is 0 Å². The molecule has 0 radical (unpaired) electrons. The number of carbonyl (C=O) groups excluding carboxylic acids is 3. The van der Waals surface area contributed by atoms with E-state index in [9.17, 15) is 14.4 Å². The number of Topliss-reactive ketones (excluding diaryl/α,β-unsaturated/α-hetero) is 3. The van der Waals surface area contributed by atoms with Crippen LogP contribution in [0.5, 0.6) is 0 Å². The van der Waals surface area contributed by atoms with Gasteiger partial charge in [0.05, 0.1) is 5.92 Å². The van der Waals surface area contributed by atoms with E-state index in [1.807, 2.05) is 36.4 Å². The van der Waals surface area contributed by atoms with Gasteiger partial charge in [0.2, 0.25) is 0 Å². The summed E-state index contributed by atoms with van der Waals surface area (Å²) in [7, 11) is 0. The highest BCUT2D eigenvalue weighted by molar-refractivity contribution is 6.35. The van der Waals surface area contributed by atoms with Crippen LogP contribution >= 0.6 is 0 Å². The zero-order chi connectivity index (χ0) is 18.6. The fourth-order valence-electron chi connectivity index (χ4n) is 4.64. The van der Waals surface area contributed by atoms with E-state index >= 15 is 0 Å². The van der Waals surface area contributed by atoms with E-state index in [4.69, 9.17) is 0 Å². The lowest BCUT2D eigenvalue weighted by molar-refractivity contribution is 0.0764. The van der Waals surface area contributed by atoms with Crippen molar-refractivity contribution < 1.29 is 14.4 Å². The van der Waals surface area contributed by atoms with Crippen molar-refractivity contribution in [2.75, 3.05) is 0 Å². The average molecular weight is 352 g/mol. The van der Waals surface area contributed by atoms with Crippen LogP contribution in [0.3, 0.4) is 0 Å². The predicted molar refractivity (Wildman–Crippen MR) is 101 cm³/mol. The number of hydrogen-bond donors (Lipinski definition) is 0. The number of hydrogen-bond acceptors (Lipinski definition) is 3. The predicted octanol–water partition coefficient (Wildman–Crippen LogP) is 4.35. The smallest absolute Gasteiger partial charge is 0.178 e. The molecule has 27 heavy (non-hydrogen) atoms. The molecule has 2 atom stereocenters. The monoisotopic (exact) mass is 352 g/mol. The first-order valence-electron chi connectivity index (χ1n) is 9.00. The second-order valence-corrected chi connectivity index (χ2v) is 7.17. The van der Waals surface area contributed by atoms with E-state index < -0.39 is 17.3 Å². The van der Waals surface area contributed by atoms with Crippen molar-refractivity contribution in [1.29, 1.82) is 0 Å². The molecule has 0 aliphatic heterocycles. The van der Waals surface area contributed by atoms with E-state index in [2.05, 4.69) is 0 Å². The summed E-state index contributed by atoms with van der Waals surface area (Å²) in [6, 6.07) is 25.3. The van der Waals surface area contributed by atoms with Gasteiger partial charge in [0.25, 0.3) is 0 Å². The Bertz CT molecular complexity index is 1050. The van der Waals surface area contributed by atoms with Crippen LogP contribution in [0.4, 0.5) is 0 Å². The lowest BCUT2D eigenvalue weighted by Gasteiger charge is -2.06. The van der Waals surface area contributed by atoms with Crippen LogP contribution in [0.2, 0.25) is 0 Å². The summed E-state index contributed by atoms with van der Waals surface area (Å²) in [5.41, 5.74) is 0.981. The van der Waals surface area contributed by atoms with Crippen LogP contribution in [0.15, 0.2) is 84.9 Å². The number of fused-ring (bicyclic) bond motifs is 1. The zero-order valence-corrected chi connectivity index (χ0v) is 14.5. The Morgan fingerprint density at radius 3 is 1.70 bits per heavy atom. The third-order valence-electron chi connectivity index (χ3n) is 5.87. The molecule has 3 heteroatoms. The van der Waals surface area contributed by atoms with Gasteiger partial charge < -0.3 is 0 Å². The Labute approximate surface area is 156 Å². The average Bonchev–Trinajstić information content (AvgIpc) is 3.39. The maximum Gasteiger partial charge on any atom is 0.178 e. The Kier molecular flexibility index (Phi) is 3.28. The highest BCUT2D eigenvalue weighted by Crippen LogP contribution is 2.70. The minimum absolute atomic E-state index is 0.140. The molecule has 0 unspecified atom stereocenters. The number of rotatable bonds is 3. The summed E-state index contributed by atoms with van der Waals surface area (Å²) in [6.07, 6.45) is 0. The molecule has 3 aromatic rings. The van der Waals surface area contributed by atoms with Crippen LogP contribution in [-0.4, -0.2) is 17.3 Å². The minimum Gasteiger partial charge on any atom is -0.294 e. The second-order valence-electron chi connectivity index (χ2n) is 7.17. The van der Waals surface area contributed by atoms with Gasteiger partial charge in [-0.3, -0.25) is 14.4 Å². The van der Waals surface area contributed by atoms with E-state index in [-0.39, 0.29) is 17.3 Å². The molecule has 2 aliphatic rings. The Balaban J connectivity index is 1.67. The molecule has 2 aliphatic carbocycles. The zero-order valence-electron chi connectivity index (χ0n) is 14.5. The van der Waals surface area contributed by atoms with Crippen molar-refractivity contribution in [2.45, 2.75) is 5.92 Å². The summed E-state index contributed by atoms with van der Waals surface area (Å²) in [4.78, 5) is 40.0. The molecule has 130 valence electrons. The molecule has 3 aromatic carbocycles. The van der Waals surface area contributed by atoms with E-state index in [0.717, 1.165) is 5.56 Å². The molecule has 3 nitrogen and oxygen atoms in total. The van der Waals surface area contributed by atoms with E-state index in [1.54, 1.807) is 48.5 Å². The van der Waals surface area contributed by atoms with Crippen LogP contribution in [-0.2, 0) is 0 Å². The Morgan fingerprint density at radius 1 is 0.667 bits per heavy atom. The summed E-state index contributed by atoms with van der Waals surface area (Å²) in [5, 5.41) is 0. The maximum atomic E-state index is 13.3. The summed E-state index contributed by atoms with van der Waals surface area (Å²) in [6.45, 7) is 0. The van der Waals surface area contributed by atoms with E-state index in [0.29, 0.717) is 16.7 Å². The molecule has 5 rings (SSSR count).